The summed E-state index contributed by atoms with van der Waals surface area (Å²) in [6.07, 6.45) is 4.96. The molecule has 182 valence electrons. The number of carbonyl (C=O) groups excluding carboxylic acids is 1. The summed E-state index contributed by atoms with van der Waals surface area (Å²) in [5.41, 5.74) is 4.57. The number of benzene rings is 2. The molecule has 0 spiro atoms. The number of anilines is 2. The molecule has 2 atom stereocenters. The fourth-order valence-electron chi connectivity index (χ4n) is 4.43. The van der Waals surface area contributed by atoms with Crippen molar-refractivity contribution in [2.24, 2.45) is 0 Å². The fourth-order valence-corrected chi connectivity index (χ4v) is 4.70. The third-order valence-corrected chi connectivity index (χ3v) is 6.20. The topological polar surface area (TPSA) is 115 Å². The minimum atomic E-state index is -0.412. The Hall–Kier alpha value is -3.73. The zero-order valence-corrected chi connectivity index (χ0v) is 20.4. The van der Waals surface area contributed by atoms with Crippen LogP contribution < -0.4 is 15.9 Å². The molecule has 0 aliphatic heterocycles. The number of nitrogens with one attached hydrogen (secondary N) is 2. The van der Waals surface area contributed by atoms with Gasteiger partial charge in [0.15, 0.2) is 5.11 Å². The molecule has 1 aromatic heterocycles. The minimum absolute atomic E-state index is 0.00722. The Balaban J connectivity index is 1.45. The Labute approximate surface area is 208 Å². The number of para-hydroxylation sites is 2. The van der Waals surface area contributed by atoms with Crippen molar-refractivity contribution in [2.45, 2.75) is 32.2 Å². The lowest BCUT2D eigenvalue weighted by molar-refractivity contribution is 0.0601. The highest BCUT2D eigenvalue weighted by atomic mass is 32.1. The number of nitrogens with zero attached hydrogens (tertiary/aromatic N) is 3. The predicted molar refractivity (Wildman–Crippen MR) is 138 cm³/mol. The van der Waals surface area contributed by atoms with Gasteiger partial charge in [-0.3, -0.25) is 5.21 Å². The van der Waals surface area contributed by atoms with Gasteiger partial charge >= 0.3 is 5.97 Å². The first-order valence-corrected chi connectivity index (χ1v) is 11.4. The SMILES string of the molecule is COC(=O)c1cccc(NC(=S)NC2C=CC(c3c(C)nn(-c4ccccc4N([O-])O)c3C)C2)c1. The van der Waals surface area contributed by atoms with Crippen molar-refractivity contribution in [1.29, 1.82) is 0 Å². The Morgan fingerprint density at radius 1 is 1.23 bits per heavy atom. The van der Waals surface area contributed by atoms with Gasteiger partial charge in [0.05, 0.1) is 29.7 Å². The van der Waals surface area contributed by atoms with Crippen molar-refractivity contribution in [1.82, 2.24) is 15.1 Å². The molecular weight excluding hydrogens is 466 g/mol. The summed E-state index contributed by atoms with van der Waals surface area (Å²) in [7, 11) is 1.34. The van der Waals surface area contributed by atoms with E-state index in [0.29, 0.717) is 22.1 Å². The van der Waals surface area contributed by atoms with E-state index in [9.17, 15) is 15.2 Å². The third kappa shape index (κ3) is 5.19. The molecule has 0 bridgehead atoms. The first kappa shape index (κ1) is 24.4. The number of rotatable bonds is 6. The number of hydrogen-bond acceptors (Lipinski definition) is 7. The molecule has 0 radical (unpaired) electrons. The molecule has 1 aliphatic carbocycles. The molecule has 9 nitrogen and oxygen atoms in total. The zero-order chi connectivity index (χ0) is 25.1. The van der Waals surface area contributed by atoms with Crippen LogP contribution >= 0.6 is 12.2 Å². The molecule has 2 unspecified atom stereocenters. The van der Waals surface area contributed by atoms with Gasteiger partial charge in [0.1, 0.15) is 0 Å². The molecule has 10 heteroatoms. The maximum Gasteiger partial charge on any atom is 0.337 e. The van der Waals surface area contributed by atoms with Crippen molar-refractivity contribution >= 4 is 34.7 Å². The largest absolute Gasteiger partial charge is 0.733 e. The summed E-state index contributed by atoms with van der Waals surface area (Å²) in [5, 5.41) is 32.5. The first-order chi connectivity index (χ1) is 16.8. The fraction of sp³-hybridized carbons (Fsp3) is 0.240. The third-order valence-electron chi connectivity index (χ3n) is 5.98. The summed E-state index contributed by atoms with van der Waals surface area (Å²) >= 11 is 5.48. The van der Waals surface area contributed by atoms with E-state index in [1.165, 1.54) is 7.11 Å². The minimum Gasteiger partial charge on any atom is -0.733 e. The number of thiocarbonyl (C=S) groups is 1. The standard InChI is InChI=1S/C25H26N5O4S/c1-15-23(16(2)29(28-15)21-9-4-5-10-22(21)30(32)33)17-11-12-20(13-17)27-25(35)26-19-8-6-7-18(14-19)24(31)34-3/h4-12,14,17,20,32H,13H2,1-3H3,(H2,26,27,35)/q-1. The lowest BCUT2D eigenvalue weighted by Gasteiger charge is -2.24. The maximum atomic E-state index is 11.8. The molecular formula is C25H26N5O4S-. The van der Waals surface area contributed by atoms with Crippen LogP contribution in [0.2, 0.25) is 0 Å². The summed E-state index contributed by atoms with van der Waals surface area (Å²) in [5.74, 6) is -0.304. The van der Waals surface area contributed by atoms with Crippen LogP contribution in [0, 0.1) is 19.1 Å². The van der Waals surface area contributed by atoms with Crippen molar-refractivity contribution in [3.8, 4) is 5.69 Å². The van der Waals surface area contributed by atoms with Crippen LogP contribution in [-0.2, 0) is 4.74 Å². The highest BCUT2D eigenvalue weighted by Crippen LogP contribution is 2.35. The molecule has 1 heterocycles. The van der Waals surface area contributed by atoms with Crippen molar-refractivity contribution in [3.05, 3.63) is 88.4 Å². The number of esters is 1. The molecule has 0 fully saturated rings. The normalized spacial score (nSPS) is 16.7. The number of carbonyl (C=O) groups is 1. The summed E-state index contributed by atoms with van der Waals surface area (Å²) in [6.45, 7) is 3.89. The van der Waals surface area contributed by atoms with Crippen LogP contribution in [0.4, 0.5) is 11.4 Å². The van der Waals surface area contributed by atoms with Gasteiger partial charge in [-0.05, 0) is 62.8 Å². The molecule has 35 heavy (non-hydrogen) atoms. The summed E-state index contributed by atoms with van der Waals surface area (Å²) in [6, 6.07) is 13.7. The Kier molecular flexibility index (Phi) is 7.15. The summed E-state index contributed by atoms with van der Waals surface area (Å²) < 4.78 is 6.45. The van der Waals surface area contributed by atoms with E-state index in [1.807, 2.05) is 19.9 Å². The van der Waals surface area contributed by atoms with Crippen LogP contribution in [0.3, 0.4) is 0 Å². The quantitative estimate of drug-likeness (QED) is 0.200. The lowest BCUT2D eigenvalue weighted by atomic mass is 9.96. The summed E-state index contributed by atoms with van der Waals surface area (Å²) in [4.78, 5) is 11.8. The number of allylic oxidation sites excluding steroid dienone is 1. The average molecular weight is 493 g/mol. The monoisotopic (exact) mass is 492 g/mol. The van der Waals surface area contributed by atoms with E-state index in [1.54, 1.807) is 47.1 Å². The molecule has 1 aliphatic rings. The van der Waals surface area contributed by atoms with Crippen LogP contribution in [0.5, 0.6) is 0 Å². The maximum absolute atomic E-state index is 11.8. The molecule has 0 saturated heterocycles. The van der Waals surface area contributed by atoms with Gasteiger partial charge in [-0.2, -0.15) is 5.10 Å². The van der Waals surface area contributed by atoms with E-state index >= 15 is 0 Å². The molecule has 3 aromatic rings. The Morgan fingerprint density at radius 3 is 2.74 bits per heavy atom. The molecule has 4 rings (SSSR count). The van der Waals surface area contributed by atoms with Crippen LogP contribution in [0.1, 0.15) is 39.6 Å². The number of ether oxygens (including phenoxy) is 1. The molecule has 3 N–H and O–H groups in total. The van der Waals surface area contributed by atoms with E-state index < -0.39 is 5.97 Å². The van der Waals surface area contributed by atoms with E-state index in [-0.39, 0.29) is 22.9 Å². The van der Waals surface area contributed by atoms with Crippen molar-refractivity contribution in [3.63, 3.8) is 0 Å². The smallest absolute Gasteiger partial charge is 0.337 e. The van der Waals surface area contributed by atoms with Crippen molar-refractivity contribution in [2.75, 3.05) is 17.7 Å². The second-order valence-corrected chi connectivity index (χ2v) is 8.67. The van der Waals surface area contributed by atoms with Crippen LogP contribution in [0.15, 0.2) is 60.7 Å². The van der Waals surface area contributed by atoms with Gasteiger partial charge in [0.2, 0.25) is 0 Å². The average Bonchev–Trinajstić information content (AvgIpc) is 3.41. The predicted octanol–water partition coefficient (Wildman–Crippen LogP) is 4.37. The van der Waals surface area contributed by atoms with Gasteiger partial charge in [-0.1, -0.05) is 30.4 Å². The highest BCUT2D eigenvalue weighted by Gasteiger charge is 2.27. The van der Waals surface area contributed by atoms with Crippen LogP contribution in [0.25, 0.3) is 5.69 Å². The Morgan fingerprint density at radius 2 is 2.00 bits per heavy atom. The van der Waals surface area contributed by atoms with E-state index in [4.69, 9.17) is 17.0 Å². The van der Waals surface area contributed by atoms with Gasteiger partial charge in [-0.15, -0.1) is 0 Å². The lowest BCUT2D eigenvalue weighted by Crippen LogP contribution is -2.35. The van der Waals surface area contributed by atoms with Gasteiger partial charge in [-0.25, -0.2) is 9.48 Å². The molecule has 0 amide bonds. The second kappa shape index (κ2) is 10.3. The van der Waals surface area contributed by atoms with Gasteiger partial charge < -0.3 is 25.8 Å². The first-order valence-electron chi connectivity index (χ1n) is 11.0. The van der Waals surface area contributed by atoms with Gasteiger partial charge in [0.25, 0.3) is 0 Å². The van der Waals surface area contributed by atoms with E-state index in [0.717, 1.165) is 23.4 Å². The Bertz CT molecular complexity index is 1290. The van der Waals surface area contributed by atoms with Gasteiger partial charge in [0, 0.05) is 28.9 Å². The number of aryl methyl sites for hydroxylation is 1. The highest BCUT2D eigenvalue weighted by molar-refractivity contribution is 7.80. The van der Waals surface area contributed by atoms with Crippen LogP contribution in [-0.4, -0.2) is 39.2 Å². The number of aromatic nitrogens is 2. The molecule has 0 saturated carbocycles. The molecule has 2 aromatic carbocycles. The van der Waals surface area contributed by atoms with E-state index in [2.05, 4.69) is 27.9 Å². The van der Waals surface area contributed by atoms with Crippen molar-refractivity contribution < 1.29 is 14.7 Å². The number of methoxy groups -OCH3 is 1. The zero-order valence-electron chi connectivity index (χ0n) is 19.6. The number of hydrogen-bond donors (Lipinski definition) is 3. The second-order valence-electron chi connectivity index (χ2n) is 8.26.